The zero-order valence-electron chi connectivity index (χ0n) is 25.8. The normalized spacial score (nSPS) is 19.8. The molecule has 2 aromatic rings. The summed E-state index contributed by atoms with van der Waals surface area (Å²) in [4.78, 5) is 40.5. The fourth-order valence-electron chi connectivity index (χ4n) is 6.00. The van der Waals surface area contributed by atoms with Crippen LogP contribution < -0.4 is 24.3 Å². The van der Waals surface area contributed by atoms with E-state index in [-0.39, 0.29) is 37.9 Å². The third-order valence-corrected chi connectivity index (χ3v) is 9.15. The Bertz CT molecular complexity index is 1390. The molecule has 2 amide bonds. The molecular formula is C33H41IN2O9. The van der Waals surface area contributed by atoms with Crippen LogP contribution in [0.15, 0.2) is 42.0 Å². The predicted octanol–water partition coefficient (Wildman–Crippen LogP) is 3.31. The maximum Gasteiger partial charge on any atom is 0.247 e. The van der Waals surface area contributed by atoms with E-state index in [9.17, 15) is 24.6 Å². The number of amides is 2. The van der Waals surface area contributed by atoms with Gasteiger partial charge < -0.3 is 39.4 Å². The Kier molecular flexibility index (Phi) is 12.5. The molecule has 2 aromatic carbocycles. The van der Waals surface area contributed by atoms with Gasteiger partial charge in [-0.3, -0.25) is 14.4 Å². The zero-order chi connectivity index (χ0) is 32.5. The van der Waals surface area contributed by atoms with E-state index in [0.717, 1.165) is 31.2 Å². The lowest BCUT2D eigenvalue weighted by Gasteiger charge is -2.41. The molecule has 0 aromatic heterocycles. The molecule has 1 fully saturated rings. The number of carbonyl (C=O) groups is 3. The first-order chi connectivity index (χ1) is 21.7. The fraction of sp³-hybridized carbons (Fsp3) is 0.485. The molecule has 2 aliphatic rings. The standard InChI is InChI=1S/C33H41IN2O9/c1-42-24-8-9-27(43-2)22(16-24)10-12-36(33(41)21-6-4-5-7-21)26-17-23(32(40)35-11-13-37)18-28(30(26)39)45-31-25(34)14-20(19-38)15-29(31)44-3/h8-9,14-16,18-19,21,26,28,30,37,39H,4-7,10-13,17H2,1-3H3,(H,35,40). The average Bonchev–Trinajstić information content (AvgIpc) is 3.60. The van der Waals surface area contributed by atoms with Crippen LogP contribution in [0.25, 0.3) is 0 Å². The molecule has 3 N–H and O–H groups in total. The number of nitrogens with zero attached hydrogens (tertiary/aromatic N) is 1. The van der Waals surface area contributed by atoms with E-state index >= 15 is 0 Å². The molecule has 11 nitrogen and oxygen atoms in total. The van der Waals surface area contributed by atoms with Crippen molar-refractivity contribution < 1.29 is 43.5 Å². The second-order valence-electron chi connectivity index (χ2n) is 11.1. The number of hydrogen-bond donors (Lipinski definition) is 3. The van der Waals surface area contributed by atoms with Crippen molar-refractivity contribution in [3.8, 4) is 23.0 Å². The molecule has 0 aliphatic heterocycles. The Hall–Kier alpha value is -3.36. The number of benzene rings is 2. The van der Waals surface area contributed by atoms with E-state index in [2.05, 4.69) is 5.32 Å². The molecule has 1 saturated carbocycles. The van der Waals surface area contributed by atoms with Crippen LogP contribution in [0.5, 0.6) is 23.0 Å². The van der Waals surface area contributed by atoms with Gasteiger partial charge in [-0.15, -0.1) is 0 Å². The summed E-state index contributed by atoms with van der Waals surface area (Å²) < 4.78 is 23.4. The van der Waals surface area contributed by atoms with E-state index in [1.54, 1.807) is 37.3 Å². The van der Waals surface area contributed by atoms with Gasteiger partial charge in [0, 0.05) is 36.6 Å². The van der Waals surface area contributed by atoms with E-state index in [1.807, 2.05) is 34.7 Å². The summed E-state index contributed by atoms with van der Waals surface area (Å²) >= 11 is 2.03. The summed E-state index contributed by atoms with van der Waals surface area (Å²) in [6, 6.07) is 7.86. The molecule has 4 rings (SSSR count). The van der Waals surface area contributed by atoms with Gasteiger partial charge in [-0.25, -0.2) is 0 Å². The number of nitrogens with one attached hydrogen (secondary N) is 1. The molecule has 0 heterocycles. The highest BCUT2D eigenvalue weighted by atomic mass is 127. The summed E-state index contributed by atoms with van der Waals surface area (Å²) in [5.74, 6) is 1.22. The number of carbonyl (C=O) groups excluding carboxylic acids is 3. The molecular weight excluding hydrogens is 695 g/mol. The largest absolute Gasteiger partial charge is 0.497 e. The van der Waals surface area contributed by atoms with E-state index in [0.29, 0.717) is 50.4 Å². The number of methoxy groups -OCH3 is 3. The number of aliphatic hydroxyl groups excluding tert-OH is 2. The van der Waals surface area contributed by atoms with Crippen molar-refractivity contribution >= 4 is 40.7 Å². The van der Waals surface area contributed by atoms with E-state index in [4.69, 9.17) is 18.9 Å². The van der Waals surface area contributed by atoms with Crippen molar-refractivity contribution in [2.75, 3.05) is 41.0 Å². The second-order valence-corrected chi connectivity index (χ2v) is 12.3. The van der Waals surface area contributed by atoms with Crippen LogP contribution >= 0.6 is 22.6 Å². The topological polar surface area (TPSA) is 144 Å². The molecule has 45 heavy (non-hydrogen) atoms. The molecule has 0 spiro atoms. The van der Waals surface area contributed by atoms with Gasteiger partial charge in [0.1, 0.15) is 30.0 Å². The molecule has 12 heteroatoms. The van der Waals surface area contributed by atoms with Gasteiger partial charge in [0.2, 0.25) is 11.8 Å². The Morgan fingerprint density at radius 2 is 1.80 bits per heavy atom. The fourth-order valence-corrected chi connectivity index (χ4v) is 6.76. The summed E-state index contributed by atoms with van der Waals surface area (Å²) in [5.41, 5.74) is 1.56. The average molecular weight is 737 g/mol. The van der Waals surface area contributed by atoms with Crippen molar-refractivity contribution in [3.05, 3.63) is 56.7 Å². The maximum atomic E-state index is 14.1. The zero-order valence-corrected chi connectivity index (χ0v) is 27.9. The van der Waals surface area contributed by atoms with E-state index in [1.165, 1.54) is 13.2 Å². The van der Waals surface area contributed by atoms with Gasteiger partial charge >= 0.3 is 0 Å². The monoisotopic (exact) mass is 736 g/mol. The minimum atomic E-state index is -1.21. The lowest BCUT2D eigenvalue weighted by Crippen LogP contribution is -2.56. The third kappa shape index (κ3) is 8.27. The van der Waals surface area contributed by atoms with Crippen LogP contribution in [0.2, 0.25) is 0 Å². The summed E-state index contributed by atoms with van der Waals surface area (Å²) in [5, 5.41) is 23.9. The molecule has 3 atom stereocenters. The maximum absolute atomic E-state index is 14.1. The molecule has 2 aliphatic carbocycles. The van der Waals surface area contributed by atoms with E-state index < -0.39 is 24.2 Å². The first-order valence-corrected chi connectivity index (χ1v) is 16.1. The van der Waals surface area contributed by atoms with Crippen molar-refractivity contribution in [2.45, 2.75) is 56.8 Å². The van der Waals surface area contributed by atoms with Gasteiger partial charge in [0.15, 0.2) is 11.5 Å². The second kappa shape index (κ2) is 16.3. The van der Waals surface area contributed by atoms with Gasteiger partial charge in [0.25, 0.3) is 0 Å². The third-order valence-electron chi connectivity index (χ3n) is 8.35. The van der Waals surface area contributed by atoms with Crippen molar-refractivity contribution in [3.63, 3.8) is 0 Å². The Morgan fingerprint density at radius 3 is 2.44 bits per heavy atom. The molecule has 0 saturated heterocycles. The number of halogens is 1. The van der Waals surface area contributed by atoms with Gasteiger partial charge in [-0.05, 0) is 83.8 Å². The summed E-state index contributed by atoms with van der Waals surface area (Å²) in [7, 11) is 4.61. The minimum absolute atomic E-state index is 0.0498. The van der Waals surface area contributed by atoms with Gasteiger partial charge in [-0.2, -0.15) is 0 Å². The van der Waals surface area contributed by atoms with Crippen LogP contribution in [0, 0.1) is 9.49 Å². The Morgan fingerprint density at radius 1 is 1.07 bits per heavy atom. The first-order valence-electron chi connectivity index (χ1n) is 15.0. The van der Waals surface area contributed by atoms with Gasteiger partial charge in [0.05, 0.1) is 37.5 Å². The van der Waals surface area contributed by atoms with Crippen LogP contribution in [0.4, 0.5) is 0 Å². The number of aldehydes is 1. The van der Waals surface area contributed by atoms with Crippen molar-refractivity contribution in [2.24, 2.45) is 5.92 Å². The van der Waals surface area contributed by atoms with Crippen LogP contribution in [0.1, 0.15) is 48.0 Å². The van der Waals surface area contributed by atoms with Crippen LogP contribution in [-0.2, 0) is 16.0 Å². The van der Waals surface area contributed by atoms with Crippen LogP contribution in [-0.4, -0.2) is 92.5 Å². The quantitative estimate of drug-likeness (QED) is 0.197. The number of hydrogen-bond acceptors (Lipinski definition) is 9. The number of ether oxygens (including phenoxy) is 4. The lowest BCUT2D eigenvalue weighted by molar-refractivity contribution is -0.142. The van der Waals surface area contributed by atoms with Crippen molar-refractivity contribution in [1.82, 2.24) is 10.2 Å². The smallest absolute Gasteiger partial charge is 0.247 e. The number of rotatable bonds is 14. The Labute approximate surface area is 277 Å². The summed E-state index contributed by atoms with van der Waals surface area (Å²) in [6.07, 6.45) is 3.96. The van der Waals surface area contributed by atoms with Crippen LogP contribution in [0.3, 0.4) is 0 Å². The summed E-state index contributed by atoms with van der Waals surface area (Å²) in [6.45, 7) is 0.0695. The molecule has 244 valence electrons. The highest BCUT2D eigenvalue weighted by Crippen LogP contribution is 2.38. The van der Waals surface area contributed by atoms with Gasteiger partial charge in [-0.1, -0.05) is 12.8 Å². The predicted molar refractivity (Wildman–Crippen MR) is 175 cm³/mol. The molecule has 3 unspecified atom stereocenters. The molecule has 0 radical (unpaired) electrons. The highest BCUT2D eigenvalue weighted by Gasteiger charge is 2.42. The SMILES string of the molecule is COc1ccc(OC)c(CCN(C(=O)C2CCCC2)C2CC(C(=O)NCCO)=CC(Oc3c(I)cc(C=O)cc3OC)C2O)c1. The lowest BCUT2D eigenvalue weighted by atomic mass is 9.87. The minimum Gasteiger partial charge on any atom is -0.497 e. The Balaban J connectivity index is 1.72. The van der Waals surface area contributed by atoms with Crippen molar-refractivity contribution in [1.29, 1.82) is 0 Å². The highest BCUT2D eigenvalue weighted by molar-refractivity contribution is 14.1. The number of aliphatic hydroxyl groups is 2. The first kappa shape index (κ1) is 34.5. The molecule has 0 bridgehead atoms.